The van der Waals surface area contributed by atoms with E-state index in [2.05, 4.69) is 5.32 Å². The van der Waals surface area contributed by atoms with E-state index in [1.54, 1.807) is 36.4 Å². The first-order valence-electron chi connectivity index (χ1n) is 6.59. The molecule has 0 atom stereocenters. The fourth-order valence-electron chi connectivity index (χ4n) is 1.82. The molecule has 0 unspecified atom stereocenters. The van der Waals surface area contributed by atoms with Crippen LogP contribution in [0, 0.1) is 0 Å². The summed E-state index contributed by atoms with van der Waals surface area (Å²) in [6.45, 7) is 3.86. The third-order valence-corrected chi connectivity index (χ3v) is 2.96. The minimum atomic E-state index is -0.252. The number of benzene rings is 2. The van der Waals surface area contributed by atoms with Gasteiger partial charge < -0.3 is 15.8 Å². The van der Waals surface area contributed by atoms with Crippen molar-refractivity contribution in [2.24, 2.45) is 0 Å². The predicted octanol–water partition coefficient (Wildman–Crippen LogP) is 3.96. The van der Waals surface area contributed by atoms with E-state index in [4.69, 9.17) is 22.1 Å². The van der Waals surface area contributed by atoms with Gasteiger partial charge in [0.05, 0.1) is 17.5 Å². The van der Waals surface area contributed by atoms with Gasteiger partial charge in [-0.3, -0.25) is 4.79 Å². The first kappa shape index (κ1) is 15.2. The highest BCUT2D eigenvalue weighted by molar-refractivity contribution is 6.31. The second kappa shape index (κ2) is 6.50. The Kier molecular flexibility index (Phi) is 4.70. The van der Waals surface area contributed by atoms with Gasteiger partial charge in [0.1, 0.15) is 5.75 Å². The van der Waals surface area contributed by atoms with Gasteiger partial charge in [-0.25, -0.2) is 0 Å². The van der Waals surface area contributed by atoms with Crippen LogP contribution in [-0.2, 0) is 0 Å². The number of carbonyl (C=O) groups is 1. The Hall–Kier alpha value is -2.20. The molecule has 0 aliphatic carbocycles. The Balaban J connectivity index is 2.16. The minimum absolute atomic E-state index is 0.0511. The lowest BCUT2D eigenvalue weighted by atomic mass is 10.2. The number of amides is 1. The van der Waals surface area contributed by atoms with E-state index in [1.807, 2.05) is 19.9 Å². The molecule has 0 spiro atoms. The third-order valence-electron chi connectivity index (χ3n) is 2.73. The van der Waals surface area contributed by atoms with Crippen molar-refractivity contribution >= 4 is 28.9 Å². The number of nitrogens with two attached hydrogens (primary N) is 1. The van der Waals surface area contributed by atoms with Gasteiger partial charge in [-0.15, -0.1) is 0 Å². The van der Waals surface area contributed by atoms with Gasteiger partial charge in [0.15, 0.2) is 0 Å². The molecule has 0 saturated heterocycles. The van der Waals surface area contributed by atoms with Gasteiger partial charge >= 0.3 is 0 Å². The molecule has 0 fully saturated rings. The van der Waals surface area contributed by atoms with E-state index >= 15 is 0 Å². The van der Waals surface area contributed by atoms with Crippen LogP contribution in [0.1, 0.15) is 24.2 Å². The first-order valence-corrected chi connectivity index (χ1v) is 6.96. The number of carbonyl (C=O) groups excluding carboxylic acids is 1. The molecule has 0 aromatic heterocycles. The van der Waals surface area contributed by atoms with E-state index in [1.165, 1.54) is 0 Å². The third kappa shape index (κ3) is 4.13. The highest BCUT2D eigenvalue weighted by Crippen LogP contribution is 2.23. The highest BCUT2D eigenvalue weighted by Gasteiger charge is 2.10. The van der Waals surface area contributed by atoms with Crippen LogP contribution in [-0.4, -0.2) is 12.0 Å². The monoisotopic (exact) mass is 304 g/mol. The maximum Gasteiger partial charge on any atom is 0.255 e. The van der Waals surface area contributed by atoms with Crippen LogP contribution < -0.4 is 15.8 Å². The number of nitrogen functional groups attached to an aromatic ring is 1. The zero-order valence-corrected chi connectivity index (χ0v) is 12.6. The summed E-state index contributed by atoms with van der Waals surface area (Å²) in [5, 5.41) is 3.28. The first-order chi connectivity index (χ1) is 9.95. The second-order valence-corrected chi connectivity index (χ2v) is 5.32. The van der Waals surface area contributed by atoms with Crippen molar-refractivity contribution in [1.82, 2.24) is 0 Å². The molecule has 0 bridgehead atoms. The zero-order valence-electron chi connectivity index (χ0n) is 11.9. The van der Waals surface area contributed by atoms with Crippen molar-refractivity contribution in [1.29, 1.82) is 0 Å². The van der Waals surface area contributed by atoms with Crippen LogP contribution in [0.3, 0.4) is 0 Å². The maximum absolute atomic E-state index is 12.2. The summed E-state index contributed by atoms with van der Waals surface area (Å²) in [7, 11) is 0. The summed E-state index contributed by atoms with van der Waals surface area (Å²) < 4.78 is 5.57. The Morgan fingerprint density at radius 3 is 2.67 bits per heavy atom. The average Bonchev–Trinajstić information content (AvgIpc) is 2.41. The fourth-order valence-corrected chi connectivity index (χ4v) is 2.01. The van der Waals surface area contributed by atoms with Crippen LogP contribution in [0.4, 0.5) is 11.4 Å². The molecule has 2 aromatic carbocycles. The van der Waals surface area contributed by atoms with Crippen LogP contribution >= 0.6 is 11.6 Å². The molecule has 110 valence electrons. The molecule has 0 radical (unpaired) electrons. The molecule has 0 aliphatic rings. The number of nitrogens with one attached hydrogen (secondary N) is 1. The van der Waals surface area contributed by atoms with Gasteiger partial charge in [0.2, 0.25) is 0 Å². The molecule has 4 nitrogen and oxygen atoms in total. The Morgan fingerprint density at radius 2 is 2.00 bits per heavy atom. The van der Waals surface area contributed by atoms with E-state index in [0.29, 0.717) is 27.7 Å². The quantitative estimate of drug-likeness (QED) is 0.840. The SMILES string of the molecule is CC(C)Oc1cccc(C(=O)Nc2ccc(Cl)cc2N)c1. The number of hydrogen-bond acceptors (Lipinski definition) is 3. The Labute approximate surface area is 128 Å². The van der Waals surface area contributed by atoms with Crippen molar-refractivity contribution in [2.75, 3.05) is 11.1 Å². The Morgan fingerprint density at radius 1 is 1.24 bits per heavy atom. The summed E-state index contributed by atoms with van der Waals surface area (Å²) in [4.78, 5) is 12.2. The molecule has 21 heavy (non-hydrogen) atoms. The number of ether oxygens (including phenoxy) is 1. The predicted molar refractivity (Wildman–Crippen MR) is 86.0 cm³/mol. The molecule has 5 heteroatoms. The largest absolute Gasteiger partial charge is 0.491 e. The smallest absolute Gasteiger partial charge is 0.255 e. The van der Waals surface area contributed by atoms with E-state index in [-0.39, 0.29) is 12.0 Å². The van der Waals surface area contributed by atoms with Gasteiger partial charge in [0, 0.05) is 10.6 Å². The summed E-state index contributed by atoms with van der Waals surface area (Å²) in [5.41, 5.74) is 7.27. The van der Waals surface area contributed by atoms with Gasteiger partial charge in [-0.2, -0.15) is 0 Å². The zero-order chi connectivity index (χ0) is 15.4. The Bertz CT molecular complexity index is 656. The lowest BCUT2D eigenvalue weighted by molar-refractivity contribution is 0.102. The molecule has 0 heterocycles. The number of anilines is 2. The average molecular weight is 305 g/mol. The highest BCUT2D eigenvalue weighted by atomic mass is 35.5. The van der Waals surface area contributed by atoms with Crippen molar-refractivity contribution in [2.45, 2.75) is 20.0 Å². The topological polar surface area (TPSA) is 64.3 Å². The van der Waals surface area contributed by atoms with E-state index in [0.717, 1.165) is 0 Å². The lowest BCUT2D eigenvalue weighted by Gasteiger charge is -2.12. The number of rotatable bonds is 4. The molecular weight excluding hydrogens is 288 g/mol. The molecule has 3 N–H and O–H groups in total. The number of halogens is 1. The minimum Gasteiger partial charge on any atom is -0.491 e. The lowest BCUT2D eigenvalue weighted by Crippen LogP contribution is -2.13. The van der Waals surface area contributed by atoms with E-state index < -0.39 is 0 Å². The van der Waals surface area contributed by atoms with Crippen molar-refractivity contribution in [3.63, 3.8) is 0 Å². The van der Waals surface area contributed by atoms with Crippen LogP contribution in [0.25, 0.3) is 0 Å². The normalized spacial score (nSPS) is 10.5. The van der Waals surface area contributed by atoms with Crippen molar-refractivity contribution in [3.8, 4) is 5.75 Å². The van der Waals surface area contributed by atoms with Crippen molar-refractivity contribution in [3.05, 3.63) is 53.1 Å². The summed E-state index contributed by atoms with van der Waals surface area (Å²) in [5.74, 6) is 0.403. The molecule has 0 aliphatic heterocycles. The molecule has 2 rings (SSSR count). The molecule has 2 aromatic rings. The van der Waals surface area contributed by atoms with Gasteiger partial charge in [0.25, 0.3) is 5.91 Å². The second-order valence-electron chi connectivity index (χ2n) is 4.88. The fraction of sp³-hybridized carbons (Fsp3) is 0.188. The number of hydrogen-bond donors (Lipinski definition) is 2. The molecule has 0 saturated carbocycles. The van der Waals surface area contributed by atoms with Gasteiger partial charge in [-0.1, -0.05) is 17.7 Å². The summed E-state index contributed by atoms with van der Waals surface area (Å²) >= 11 is 5.83. The van der Waals surface area contributed by atoms with Crippen LogP contribution in [0.5, 0.6) is 5.75 Å². The summed E-state index contributed by atoms with van der Waals surface area (Å²) in [6, 6.07) is 11.9. The van der Waals surface area contributed by atoms with Crippen LogP contribution in [0.15, 0.2) is 42.5 Å². The van der Waals surface area contributed by atoms with Gasteiger partial charge in [-0.05, 0) is 50.2 Å². The summed E-state index contributed by atoms with van der Waals surface area (Å²) in [6.07, 6.45) is 0.0511. The standard InChI is InChI=1S/C16H17ClN2O2/c1-10(2)21-13-5-3-4-11(8-13)16(20)19-15-7-6-12(17)9-14(15)18/h3-10H,18H2,1-2H3,(H,19,20). The molecular formula is C16H17ClN2O2. The van der Waals surface area contributed by atoms with Crippen LogP contribution in [0.2, 0.25) is 5.02 Å². The maximum atomic E-state index is 12.2. The molecule has 1 amide bonds. The van der Waals surface area contributed by atoms with Crippen molar-refractivity contribution < 1.29 is 9.53 Å². The van der Waals surface area contributed by atoms with E-state index in [9.17, 15) is 4.79 Å².